The highest BCUT2D eigenvalue weighted by Crippen LogP contribution is 2.21. The molecule has 1 aliphatic rings. The number of halogens is 1. The number of nitrogens with zero attached hydrogens (tertiary/aromatic N) is 2. The van der Waals surface area contributed by atoms with Crippen molar-refractivity contribution in [2.24, 2.45) is 0 Å². The molecule has 0 saturated carbocycles. The standard InChI is InChI=1S/C13H20IN3O/c1-3-10-12(14)13(15-2)17-11(16-10)8-9-6-4-5-7-18-9/h9H,3-8H2,1-2H3,(H,15,16,17). The van der Waals surface area contributed by atoms with Crippen LogP contribution in [0.4, 0.5) is 5.82 Å². The Morgan fingerprint density at radius 1 is 1.39 bits per heavy atom. The monoisotopic (exact) mass is 361 g/mol. The van der Waals surface area contributed by atoms with Gasteiger partial charge in [0.1, 0.15) is 11.6 Å². The third-order valence-corrected chi connectivity index (χ3v) is 4.36. The third kappa shape index (κ3) is 3.32. The first-order valence-corrected chi connectivity index (χ1v) is 7.67. The van der Waals surface area contributed by atoms with Gasteiger partial charge < -0.3 is 10.1 Å². The fraction of sp³-hybridized carbons (Fsp3) is 0.692. The lowest BCUT2D eigenvalue weighted by atomic mass is 10.1. The molecule has 1 fully saturated rings. The van der Waals surface area contributed by atoms with Gasteiger partial charge in [0.25, 0.3) is 0 Å². The molecule has 0 aromatic carbocycles. The molecule has 18 heavy (non-hydrogen) atoms. The molecule has 1 N–H and O–H groups in total. The van der Waals surface area contributed by atoms with Crippen LogP contribution in [0, 0.1) is 3.57 Å². The number of hydrogen-bond acceptors (Lipinski definition) is 4. The molecule has 1 unspecified atom stereocenters. The van der Waals surface area contributed by atoms with Gasteiger partial charge in [0, 0.05) is 20.1 Å². The minimum atomic E-state index is 0.299. The number of rotatable bonds is 4. The molecule has 1 aliphatic heterocycles. The number of hydrogen-bond donors (Lipinski definition) is 1. The Bertz CT molecular complexity index is 380. The zero-order valence-corrected chi connectivity index (χ0v) is 13.2. The SMILES string of the molecule is CCc1nc(CC2CCCCO2)nc(NC)c1I. The second kappa shape index (κ2) is 6.65. The average Bonchev–Trinajstić information content (AvgIpc) is 2.41. The lowest BCUT2D eigenvalue weighted by molar-refractivity contribution is 0.0156. The second-order valence-corrected chi connectivity index (χ2v) is 5.62. The van der Waals surface area contributed by atoms with Crippen LogP contribution in [0.25, 0.3) is 0 Å². The Hall–Kier alpha value is -0.430. The summed E-state index contributed by atoms with van der Waals surface area (Å²) in [6.45, 7) is 3.01. The lowest BCUT2D eigenvalue weighted by Gasteiger charge is -2.22. The lowest BCUT2D eigenvalue weighted by Crippen LogP contribution is -2.23. The zero-order valence-electron chi connectivity index (χ0n) is 11.0. The van der Waals surface area contributed by atoms with E-state index >= 15 is 0 Å². The molecule has 2 heterocycles. The van der Waals surface area contributed by atoms with Crippen molar-refractivity contribution in [2.75, 3.05) is 19.0 Å². The van der Waals surface area contributed by atoms with E-state index in [1.165, 1.54) is 12.8 Å². The maximum absolute atomic E-state index is 5.76. The first kappa shape index (κ1) is 14.0. The summed E-state index contributed by atoms with van der Waals surface area (Å²) < 4.78 is 6.89. The van der Waals surface area contributed by atoms with Crippen molar-refractivity contribution in [2.45, 2.75) is 45.1 Å². The molecule has 0 spiro atoms. The molecule has 1 saturated heterocycles. The third-order valence-electron chi connectivity index (χ3n) is 3.22. The van der Waals surface area contributed by atoms with Crippen molar-refractivity contribution in [3.63, 3.8) is 0 Å². The minimum absolute atomic E-state index is 0.299. The topological polar surface area (TPSA) is 47.0 Å². The van der Waals surface area contributed by atoms with Gasteiger partial charge in [-0.25, -0.2) is 9.97 Å². The van der Waals surface area contributed by atoms with Gasteiger partial charge in [-0.05, 0) is 48.3 Å². The van der Waals surface area contributed by atoms with Crippen molar-refractivity contribution in [3.05, 3.63) is 15.1 Å². The van der Waals surface area contributed by atoms with Crippen LogP contribution in [0.2, 0.25) is 0 Å². The predicted octanol–water partition coefficient (Wildman–Crippen LogP) is 2.80. The minimum Gasteiger partial charge on any atom is -0.378 e. The quantitative estimate of drug-likeness (QED) is 0.838. The molecule has 1 aromatic rings. The van der Waals surface area contributed by atoms with Crippen LogP contribution >= 0.6 is 22.6 Å². The van der Waals surface area contributed by atoms with Gasteiger partial charge in [-0.15, -0.1) is 0 Å². The Balaban J connectivity index is 2.16. The van der Waals surface area contributed by atoms with Gasteiger partial charge in [0.2, 0.25) is 0 Å². The zero-order chi connectivity index (χ0) is 13.0. The number of nitrogens with one attached hydrogen (secondary N) is 1. The van der Waals surface area contributed by atoms with Gasteiger partial charge >= 0.3 is 0 Å². The molecule has 4 nitrogen and oxygen atoms in total. The first-order valence-electron chi connectivity index (χ1n) is 6.59. The Morgan fingerprint density at radius 3 is 2.83 bits per heavy atom. The van der Waals surface area contributed by atoms with E-state index in [1.54, 1.807) is 0 Å². The summed E-state index contributed by atoms with van der Waals surface area (Å²) in [4.78, 5) is 9.24. The maximum atomic E-state index is 5.76. The first-order chi connectivity index (χ1) is 8.74. The van der Waals surface area contributed by atoms with E-state index < -0.39 is 0 Å². The van der Waals surface area contributed by atoms with Gasteiger partial charge in [-0.2, -0.15) is 0 Å². The van der Waals surface area contributed by atoms with Crippen molar-refractivity contribution in [1.82, 2.24) is 9.97 Å². The summed E-state index contributed by atoms with van der Waals surface area (Å²) in [5.74, 6) is 1.84. The van der Waals surface area contributed by atoms with Crippen LogP contribution in [0.1, 0.15) is 37.7 Å². The van der Waals surface area contributed by atoms with E-state index in [1.807, 2.05) is 7.05 Å². The molecule has 0 radical (unpaired) electrons. The highest BCUT2D eigenvalue weighted by Gasteiger charge is 2.17. The van der Waals surface area contributed by atoms with Gasteiger partial charge in [0.05, 0.1) is 15.4 Å². The van der Waals surface area contributed by atoms with E-state index in [-0.39, 0.29) is 0 Å². The Kier molecular flexibility index (Phi) is 5.17. The van der Waals surface area contributed by atoms with Crippen LogP contribution in [0.5, 0.6) is 0 Å². The molecule has 0 amide bonds. The van der Waals surface area contributed by atoms with Crippen LogP contribution in [-0.4, -0.2) is 29.7 Å². The second-order valence-electron chi connectivity index (χ2n) is 4.55. The Morgan fingerprint density at radius 2 is 2.22 bits per heavy atom. The summed E-state index contributed by atoms with van der Waals surface area (Å²) in [5, 5.41) is 3.15. The Labute approximate surface area is 122 Å². The average molecular weight is 361 g/mol. The van der Waals surface area contributed by atoms with Crippen LogP contribution in [0.3, 0.4) is 0 Å². The molecule has 5 heteroatoms. The van der Waals surface area contributed by atoms with E-state index in [4.69, 9.17) is 4.74 Å². The largest absolute Gasteiger partial charge is 0.378 e. The molecule has 0 aliphatic carbocycles. The number of aryl methyl sites for hydroxylation is 1. The number of aromatic nitrogens is 2. The summed E-state index contributed by atoms with van der Waals surface area (Å²) in [6.07, 6.45) is 5.65. The molecule has 1 aromatic heterocycles. The van der Waals surface area contributed by atoms with Crippen LogP contribution in [-0.2, 0) is 17.6 Å². The van der Waals surface area contributed by atoms with Gasteiger partial charge in [-0.1, -0.05) is 6.92 Å². The van der Waals surface area contributed by atoms with Crippen LogP contribution < -0.4 is 5.32 Å². The molecule has 1 atom stereocenters. The normalized spacial score (nSPS) is 19.8. The number of ether oxygens (including phenoxy) is 1. The smallest absolute Gasteiger partial charge is 0.143 e. The van der Waals surface area contributed by atoms with Crippen molar-refractivity contribution in [1.29, 1.82) is 0 Å². The fourth-order valence-electron chi connectivity index (χ4n) is 2.21. The predicted molar refractivity (Wildman–Crippen MR) is 81.0 cm³/mol. The summed E-state index contributed by atoms with van der Waals surface area (Å²) in [6, 6.07) is 0. The fourth-order valence-corrected chi connectivity index (χ4v) is 3.10. The maximum Gasteiger partial charge on any atom is 0.143 e. The van der Waals surface area contributed by atoms with E-state index in [2.05, 4.69) is 44.8 Å². The highest BCUT2D eigenvalue weighted by atomic mass is 127. The molecular weight excluding hydrogens is 341 g/mol. The van der Waals surface area contributed by atoms with Gasteiger partial charge in [-0.3, -0.25) is 0 Å². The van der Waals surface area contributed by atoms with Gasteiger partial charge in [0.15, 0.2) is 0 Å². The summed E-state index contributed by atoms with van der Waals surface area (Å²) >= 11 is 2.31. The summed E-state index contributed by atoms with van der Waals surface area (Å²) in [7, 11) is 1.91. The number of anilines is 1. The molecule has 0 bridgehead atoms. The van der Waals surface area contributed by atoms with Crippen molar-refractivity contribution in [3.8, 4) is 0 Å². The molecule has 100 valence electrons. The highest BCUT2D eigenvalue weighted by molar-refractivity contribution is 14.1. The van der Waals surface area contributed by atoms with Crippen molar-refractivity contribution < 1.29 is 4.74 Å². The summed E-state index contributed by atoms with van der Waals surface area (Å²) in [5.41, 5.74) is 1.13. The van der Waals surface area contributed by atoms with E-state index in [9.17, 15) is 0 Å². The molecular formula is C13H20IN3O. The molecule has 2 rings (SSSR count). The van der Waals surface area contributed by atoms with E-state index in [0.717, 1.165) is 46.8 Å². The van der Waals surface area contributed by atoms with Crippen molar-refractivity contribution >= 4 is 28.4 Å². The van der Waals surface area contributed by atoms with E-state index in [0.29, 0.717) is 6.10 Å². The van der Waals surface area contributed by atoms with Crippen LogP contribution in [0.15, 0.2) is 0 Å².